The number of carbonyl (C=O) groups is 1. The Hall–Kier alpha value is -1.99. The number of carbonyl (C=O) groups excluding carboxylic acids is 1. The molecular weight excluding hydrogens is 332 g/mol. The normalized spacial score (nSPS) is 14.0. The van der Waals surface area contributed by atoms with Crippen LogP contribution < -0.4 is 10.0 Å². The number of benzene rings is 2. The Morgan fingerprint density at radius 2 is 1.83 bits per heavy atom. The molecule has 1 aliphatic heterocycles. The zero-order valence-electron chi connectivity index (χ0n) is 12.5. The summed E-state index contributed by atoms with van der Waals surface area (Å²) in [6, 6.07) is 12.0. The van der Waals surface area contributed by atoms with Crippen molar-refractivity contribution in [3.63, 3.8) is 0 Å². The molecule has 0 aromatic heterocycles. The zero-order valence-corrected chi connectivity index (χ0v) is 14.1. The summed E-state index contributed by atoms with van der Waals surface area (Å²) in [5.74, 6) is -0.0416. The lowest BCUT2D eigenvalue weighted by molar-refractivity contribution is -0.116. The summed E-state index contributed by atoms with van der Waals surface area (Å²) in [4.78, 5) is 12.6. The van der Waals surface area contributed by atoms with Gasteiger partial charge in [-0.25, -0.2) is 8.42 Å². The molecule has 2 N–H and O–H groups in total. The van der Waals surface area contributed by atoms with Crippen LogP contribution in [0, 0.1) is 0 Å². The molecule has 0 saturated heterocycles. The van der Waals surface area contributed by atoms with Crippen molar-refractivity contribution < 1.29 is 13.2 Å². The average molecular weight is 348 g/mol. The van der Waals surface area contributed by atoms with E-state index >= 15 is 0 Å². The molecule has 7 heteroatoms. The second kappa shape index (κ2) is 6.25. The van der Waals surface area contributed by atoms with Gasteiger partial charge in [0.1, 0.15) is 0 Å². The predicted molar refractivity (Wildman–Crippen MR) is 92.4 cm³/mol. The van der Waals surface area contributed by atoms with Crippen LogP contribution in [-0.2, 0) is 21.2 Å². The summed E-state index contributed by atoms with van der Waals surface area (Å²) in [6.45, 7) is 0. The van der Waals surface area contributed by atoms with Crippen LogP contribution in [0.3, 0.4) is 0 Å². The van der Waals surface area contributed by atoms with E-state index in [1.807, 2.05) is 18.4 Å². The van der Waals surface area contributed by atoms with E-state index in [2.05, 4.69) is 10.0 Å². The van der Waals surface area contributed by atoms with Gasteiger partial charge >= 0.3 is 0 Å². The first-order chi connectivity index (χ1) is 11.0. The molecular formula is C16H16N2O3S2. The Labute approximate surface area is 139 Å². The first kappa shape index (κ1) is 15.9. The van der Waals surface area contributed by atoms with Crippen molar-refractivity contribution in [2.75, 3.05) is 16.3 Å². The lowest BCUT2D eigenvalue weighted by Crippen LogP contribution is -2.20. The summed E-state index contributed by atoms with van der Waals surface area (Å²) in [7, 11) is -3.65. The van der Waals surface area contributed by atoms with Crippen LogP contribution in [0.1, 0.15) is 12.0 Å². The van der Waals surface area contributed by atoms with Crippen LogP contribution >= 0.6 is 11.8 Å². The molecule has 0 saturated carbocycles. The lowest BCUT2D eigenvalue weighted by atomic mass is 10.0. The van der Waals surface area contributed by atoms with Crippen LogP contribution in [0.25, 0.3) is 0 Å². The summed E-state index contributed by atoms with van der Waals surface area (Å²) in [6.07, 6.45) is 2.89. The van der Waals surface area contributed by atoms with Gasteiger partial charge in [-0.1, -0.05) is 0 Å². The number of amides is 1. The SMILES string of the molecule is CSc1ccc(NS(=O)(=O)c2ccc3c(c2)CCC(=O)N3)cc1. The van der Waals surface area contributed by atoms with Crippen molar-refractivity contribution in [1.29, 1.82) is 0 Å². The fraction of sp³-hybridized carbons (Fsp3) is 0.188. The fourth-order valence-corrected chi connectivity index (χ4v) is 3.92. The Balaban J connectivity index is 1.85. The minimum absolute atomic E-state index is 0.0416. The van der Waals surface area contributed by atoms with Crippen LogP contribution in [0.4, 0.5) is 11.4 Å². The van der Waals surface area contributed by atoms with Gasteiger partial charge in [0.25, 0.3) is 10.0 Å². The predicted octanol–water partition coefficient (Wildman–Crippen LogP) is 3.09. The van der Waals surface area contributed by atoms with Crippen molar-refractivity contribution in [2.24, 2.45) is 0 Å². The zero-order chi connectivity index (χ0) is 16.4. The molecule has 5 nitrogen and oxygen atoms in total. The third kappa shape index (κ3) is 3.51. The maximum Gasteiger partial charge on any atom is 0.261 e. The molecule has 0 radical (unpaired) electrons. The first-order valence-corrected chi connectivity index (χ1v) is 9.78. The van der Waals surface area contributed by atoms with Crippen molar-refractivity contribution in [3.05, 3.63) is 48.0 Å². The van der Waals surface area contributed by atoms with Gasteiger partial charge in [0.05, 0.1) is 4.90 Å². The minimum Gasteiger partial charge on any atom is -0.326 e. The van der Waals surface area contributed by atoms with E-state index in [1.165, 1.54) is 6.07 Å². The monoisotopic (exact) mass is 348 g/mol. The molecule has 0 aliphatic carbocycles. The molecule has 23 heavy (non-hydrogen) atoms. The van der Waals surface area contributed by atoms with Crippen LogP contribution in [0.2, 0.25) is 0 Å². The molecule has 2 aromatic carbocycles. The van der Waals surface area contributed by atoms with E-state index < -0.39 is 10.0 Å². The highest BCUT2D eigenvalue weighted by Gasteiger charge is 2.20. The number of rotatable bonds is 4. The van der Waals surface area contributed by atoms with E-state index in [9.17, 15) is 13.2 Å². The molecule has 0 unspecified atom stereocenters. The van der Waals surface area contributed by atoms with Gasteiger partial charge in [-0.15, -0.1) is 11.8 Å². The second-order valence-corrected chi connectivity index (χ2v) is 7.76. The van der Waals surface area contributed by atoms with Gasteiger partial charge < -0.3 is 5.32 Å². The van der Waals surface area contributed by atoms with Gasteiger partial charge in [0.2, 0.25) is 5.91 Å². The molecule has 0 atom stereocenters. The maximum atomic E-state index is 12.5. The highest BCUT2D eigenvalue weighted by atomic mass is 32.2. The number of thioether (sulfide) groups is 1. The Kier molecular flexibility index (Phi) is 4.32. The Bertz CT molecular complexity index is 846. The van der Waals surface area contributed by atoms with Crippen molar-refractivity contribution >= 4 is 39.1 Å². The highest BCUT2D eigenvalue weighted by Crippen LogP contribution is 2.27. The average Bonchev–Trinajstić information content (AvgIpc) is 2.54. The molecule has 2 aromatic rings. The topological polar surface area (TPSA) is 75.3 Å². The van der Waals surface area contributed by atoms with E-state index in [-0.39, 0.29) is 10.8 Å². The summed E-state index contributed by atoms with van der Waals surface area (Å²) < 4.78 is 27.6. The number of hydrogen-bond donors (Lipinski definition) is 2. The molecule has 120 valence electrons. The van der Waals surface area contributed by atoms with Gasteiger partial charge in [-0.05, 0) is 60.7 Å². The third-order valence-corrected chi connectivity index (χ3v) is 5.75. The smallest absolute Gasteiger partial charge is 0.261 e. The van der Waals surface area contributed by atoms with Crippen LogP contribution in [0.5, 0.6) is 0 Å². The molecule has 0 fully saturated rings. The summed E-state index contributed by atoms with van der Waals surface area (Å²) in [5, 5.41) is 2.74. The standard InChI is InChI=1S/C16H16N2O3S2/c1-22-13-5-3-12(4-6-13)18-23(20,21)14-7-8-15-11(10-14)2-9-16(19)17-15/h3-8,10,18H,2,9H2,1H3,(H,17,19). The van der Waals surface area contributed by atoms with Gasteiger partial charge in [0.15, 0.2) is 0 Å². The largest absolute Gasteiger partial charge is 0.326 e. The molecule has 1 heterocycles. The lowest BCUT2D eigenvalue weighted by Gasteiger charge is -2.18. The molecule has 0 spiro atoms. The Morgan fingerprint density at radius 1 is 1.09 bits per heavy atom. The van der Waals surface area contributed by atoms with Gasteiger partial charge in [-0.2, -0.15) is 0 Å². The number of aryl methyl sites for hydroxylation is 1. The maximum absolute atomic E-state index is 12.5. The number of hydrogen-bond acceptors (Lipinski definition) is 4. The van der Waals surface area contributed by atoms with Gasteiger partial charge in [0, 0.05) is 22.7 Å². The van der Waals surface area contributed by atoms with Crippen LogP contribution in [0.15, 0.2) is 52.3 Å². The Morgan fingerprint density at radius 3 is 2.52 bits per heavy atom. The van der Waals surface area contributed by atoms with E-state index in [0.717, 1.165) is 10.5 Å². The number of nitrogens with one attached hydrogen (secondary N) is 2. The van der Waals surface area contributed by atoms with E-state index in [4.69, 9.17) is 0 Å². The summed E-state index contributed by atoms with van der Waals surface area (Å²) >= 11 is 1.60. The van der Waals surface area contributed by atoms with Crippen molar-refractivity contribution in [1.82, 2.24) is 0 Å². The van der Waals surface area contributed by atoms with Crippen LogP contribution in [-0.4, -0.2) is 20.6 Å². The second-order valence-electron chi connectivity index (χ2n) is 5.20. The number of sulfonamides is 1. The molecule has 3 rings (SSSR count). The number of fused-ring (bicyclic) bond motifs is 1. The molecule has 1 amide bonds. The van der Waals surface area contributed by atoms with E-state index in [1.54, 1.807) is 36.0 Å². The van der Waals surface area contributed by atoms with Gasteiger partial charge in [-0.3, -0.25) is 9.52 Å². The highest BCUT2D eigenvalue weighted by molar-refractivity contribution is 7.98. The molecule has 0 bridgehead atoms. The third-order valence-electron chi connectivity index (χ3n) is 3.62. The fourth-order valence-electron chi connectivity index (χ4n) is 2.40. The quantitative estimate of drug-likeness (QED) is 0.833. The van der Waals surface area contributed by atoms with E-state index in [0.29, 0.717) is 24.2 Å². The molecule has 1 aliphatic rings. The first-order valence-electron chi connectivity index (χ1n) is 7.07. The summed E-state index contributed by atoms with van der Waals surface area (Å²) in [5.41, 5.74) is 2.04. The number of anilines is 2. The van der Waals surface area contributed by atoms with Crippen molar-refractivity contribution in [3.8, 4) is 0 Å². The van der Waals surface area contributed by atoms with Crippen molar-refractivity contribution in [2.45, 2.75) is 22.6 Å². The minimum atomic E-state index is -3.65.